The Morgan fingerprint density at radius 2 is 2.13 bits per heavy atom. The van der Waals surface area contributed by atoms with Crippen LogP contribution in [0.1, 0.15) is 12.5 Å². The molecule has 23 heavy (non-hydrogen) atoms. The number of carbonyl (C=O) groups is 1. The zero-order valence-electron chi connectivity index (χ0n) is 12.7. The standard InChI is InChI=1S/C17H18N2O3S/c1-3-9-22-15-6-4-14(5-7-15)19-16(20)18-12-17(2,21)13-8-10-23-11-13/h1,4-8,10-11,21H,9,12H2,2H3,(H2,18,19,20)/t17-/m0/s1. The summed E-state index contributed by atoms with van der Waals surface area (Å²) in [6.07, 6.45) is 5.12. The van der Waals surface area contributed by atoms with Gasteiger partial charge in [-0.05, 0) is 53.6 Å². The maximum atomic E-state index is 11.9. The summed E-state index contributed by atoms with van der Waals surface area (Å²) >= 11 is 1.50. The molecular formula is C17H18N2O3S. The van der Waals surface area contributed by atoms with Crippen molar-refractivity contribution in [3.63, 3.8) is 0 Å². The van der Waals surface area contributed by atoms with E-state index in [1.54, 1.807) is 31.2 Å². The van der Waals surface area contributed by atoms with Gasteiger partial charge in [-0.3, -0.25) is 0 Å². The van der Waals surface area contributed by atoms with E-state index in [1.807, 2.05) is 16.8 Å². The first-order valence-electron chi connectivity index (χ1n) is 6.97. The smallest absolute Gasteiger partial charge is 0.319 e. The number of urea groups is 1. The largest absolute Gasteiger partial charge is 0.481 e. The molecular weight excluding hydrogens is 312 g/mol. The van der Waals surface area contributed by atoms with Crippen molar-refractivity contribution in [3.8, 4) is 18.1 Å². The quantitative estimate of drug-likeness (QED) is 0.713. The SMILES string of the molecule is C#CCOc1ccc(NC(=O)NC[C@](C)(O)c2ccsc2)cc1. The molecule has 0 radical (unpaired) electrons. The van der Waals surface area contributed by atoms with Crippen molar-refractivity contribution < 1.29 is 14.6 Å². The van der Waals surface area contributed by atoms with Crippen LogP contribution in [0, 0.1) is 12.3 Å². The second-order valence-electron chi connectivity index (χ2n) is 5.11. The number of amides is 2. The average Bonchev–Trinajstić information content (AvgIpc) is 3.08. The molecule has 0 aliphatic rings. The molecule has 0 fully saturated rings. The van der Waals surface area contributed by atoms with Gasteiger partial charge in [0, 0.05) is 5.69 Å². The fraction of sp³-hybridized carbons (Fsp3) is 0.235. The number of aliphatic hydroxyl groups is 1. The first-order chi connectivity index (χ1) is 11.0. The lowest BCUT2D eigenvalue weighted by Crippen LogP contribution is -2.40. The third kappa shape index (κ3) is 5.02. The molecule has 1 heterocycles. The van der Waals surface area contributed by atoms with Gasteiger partial charge in [0.1, 0.15) is 18.0 Å². The van der Waals surface area contributed by atoms with Crippen LogP contribution in [0.3, 0.4) is 0 Å². The minimum atomic E-state index is -1.11. The highest BCUT2D eigenvalue weighted by Gasteiger charge is 2.24. The number of hydrogen-bond donors (Lipinski definition) is 3. The highest BCUT2D eigenvalue weighted by Crippen LogP contribution is 2.22. The molecule has 0 saturated carbocycles. The van der Waals surface area contributed by atoms with Crippen molar-refractivity contribution in [3.05, 3.63) is 46.7 Å². The van der Waals surface area contributed by atoms with Gasteiger partial charge in [-0.25, -0.2) is 4.79 Å². The Bertz CT molecular complexity index is 673. The molecule has 2 aromatic rings. The summed E-state index contributed by atoms with van der Waals surface area (Å²) in [7, 11) is 0. The molecule has 0 saturated heterocycles. The molecule has 0 spiro atoms. The van der Waals surface area contributed by atoms with E-state index in [0.29, 0.717) is 11.4 Å². The highest BCUT2D eigenvalue weighted by atomic mass is 32.1. The van der Waals surface area contributed by atoms with Crippen molar-refractivity contribution in [2.24, 2.45) is 0 Å². The van der Waals surface area contributed by atoms with E-state index in [0.717, 1.165) is 5.56 Å². The van der Waals surface area contributed by atoms with E-state index in [1.165, 1.54) is 11.3 Å². The van der Waals surface area contributed by atoms with Crippen molar-refractivity contribution in [2.75, 3.05) is 18.5 Å². The summed E-state index contributed by atoms with van der Waals surface area (Å²) in [5, 5.41) is 19.4. The normalized spacial score (nSPS) is 12.7. The van der Waals surface area contributed by atoms with Gasteiger partial charge in [-0.1, -0.05) is 5.92 Å². The van der Waals surface area contributed by atoms with Crippen LogP contribution in [0.5, 0.6) is 5.75 Å². The molecule has 1 atom stereocenters. The van der Waals surface area contributed by atoms with Gasteiger partial charge in [-0.2, -0.15) is 11.3 Å². The Labute approximate surface area is 139 Å². The molecule has 6 heteroatoms. The van der Waals surface area contributed by atoms with Crippen LogP contribution in [0.2, 0.25) is 0 Å². The molecule has 120 valence electrons. The van der Waals surface area contributed by atoms with Crippen molar-refractivity contribution >= 4 is 23.1 Å². The predicted octanol–water partition coefficient (Wildman–Crippen LogP) is 2.79. The summed E-state index contributed by atoms with van der Waals surface area (Å²) in [4.78, 5) is 11.9. The number of terminal acetylenes is 1. The Morgan fingerprint density at radius 3 is 2.74 bits per heavy atom. The zero-order chi connectivity index (χ0) is 16.7. The summed E-state index contributed by atoms with van der Waals surface area (Å²) in [6, 6.07) is 8.30. The lowest BCUT2D eigenvalue weighted by molar-refractivity contribution is 0.0604. The Kier molecular flexibility index (Phi) is 5.63. The first-order valence-corrected chi connectivity index (χ1v) is 7.92. The van der Waals surface area contributed by atoms with Crippen molar-refractivity contribution in [1.82, 2.24) is 5.32 Å². The lowest BCUT2D eigenvalue weighted by atomic mass is 9.99. The predicted molar refractivity (Wildman–Crippen MR) is 91.7 cm³/mol. The first kappa shape index (κ1) is 16.9. The van der Waals surface area contributed by atoms with E-state index in [-0.39, 0.29) is 13.2 Å². The van der Waals surface area contributed by atoms with Crippen molar-refractivity contribution in [1.29, 1.82) is 0 Å². The van der Waals surface area contributed by atoms with Gasteiger partial charge in [0.25, 0.3) is 0 Å². The number of ether oxygens (including phenoxy) is 1. The minimum Gasteiger partial charge on any atom is -0.481 e. The number of thiophene rings is 1. The van der Waals surface area contributed by atoms with Crippen LogP contribution in [0.15, 0.2) is 41.1 Å². The Morgan fingerprint density at radius 1 is 1.39 bits per heavy atom. The van der Waals surface area contributed by atoms with E-state index < -0.39 is 11.6 Å². The van der Waals surface area contributed by atoms with Crippen LogP contribution >= 0.6 is 11.3 Å². The summed E-state index contributed by atoms with van der Waals surface area (Å²) in [6.45, 7) is 1.97. The minimum absolute atomic E-state index is 0.110. The molecule has 5 nitrogen and oxygen atoms in total. The van der Waals surface area contributed by atoms with Gasteiger partial charge < -0.3 is 20.5 Å². The second-order valence-corrected chi connectivity index (χ2v) is 5.89. The van der Waals surface area contributed by atoms with Gasteiger partial charge in [0.15, 0.2) is 0 Å². The molecule has 0 unspecified atom stereocenters. The van der Waals surface area contributed by atoms with E-state index in [4.69, 9.17) is 11.2 Å². The lowest BCUT2D eigenvalue weighted by Gasteiger charge is -2.22. The zero-order valence-corrected chi connectivity index (χ0v) is 13.5. The fourth-order valence-electron chi connectivity index (χ4n) is 1.86. The summed E-state index contributed by atoms with van der Waals surface area (Å²) in [5.41, 5.74) is 0.285. The molecule has 0 bridgehead atoms. The van der Waals surface area contributed by atoms with E-state index in [9.17, 15) is 9.90 Å². The number of anilines is 1. The molecule has 1 aromatic heterocycles. The molecule has 2 rings (SSSR count). The number of nitrogens with one attached hydrogen (secondary N) is 2. The Hall–Kier alpha value is -2.49. The third-order valence-corrected chi connectivity index (χ3v) is 3.85. The Balaban J connectivity index is 1.84. The molecule has 1 aromatic carbocycles. The van der Waals surface area contributed by atoms with Crippen LogP contribution in [-0.2, 0) is 5.60 Å². The molecule has 3 N–H and O–H groups in total. The average molecular weight is 330 g/mol. The van der Waals surface area contributed by atoms with Crippen molar-refractivity contribution in [2.45, 2.75) is 12.5 Å². The van der Waals surface area contributed by atoms with Gasteiger partial charge >= 0.3 is 6.03 Å². The monoisotopic (exact) mass is 330 g/mol. The second kappa shape index (κ2) is 7.68. The number of rotatable bonds is 6. The summed E-state index contributed by atoms with van der Waals surface area (Å²) < 4.78 is 5.25. The molecule has 2 amide bonds. The highest BCUT2D eigenvalue weighted by molar-refractivity contribution is 7.08. The number of hydrogen-bond acceptors (Lipinski definition) is 4. The third-order valence-electron chi connectivity index (χ3n) is 3.17. The molecule has 0 aliphatic carbocycles. The van der Waals surface area contributed by atoms with E-state index >= 15 is 0 Å². The maximum Gasteiger partial charge on any atom is 0.319 e. The summed E-state index contributed by atoms with van der Waals surface area (Å²) in [5.74, 6) is 3.01. The van der Waals surface area contributed by atoms with E-state index in [2.05, 4.69) is 16.6 Å². The molecule has 0 aliphatic heterocycles. The number of benzene rings is 1. The van der Waals surface area contributed by atoms with Gasteiger partial charge in [-0.15, -0.1) is 6.42 Å². The fourth-order valence-corrected chi connectivity index (χ4v) is 2.64. The topological polar surface area (TPSA) is 70.6 Å². The number of carbonyl (C=O) groups excluding carboxylic acids is 1. The van der Waals surface area contributed by atoms with Gasteiger partial charge in [0.05, 0.1) is 6.54 Å². The van der Waals surface area contributed by atoms with Crippen LogP contribution in [-0.4, -0.2) is 24.3 Å². The maximum absolute atomic E-state index is 11.9. The van der Waals surface area contributed by atoms with Crippen LogP contribution < -0.4 is 15.4 Å². The van der Waals surface area contributed by atoms with Crippen LogP contribution in [0.4, 0.5) is 10.5 Å². The van der Waals surface area contributed by atoms with Crippen LogP contribution in [0.25, 0.3) is 0 Å². The van der Waals surface area contributed by atoms with Gasteiger partial charge in [0.2, 0.25) is 0 Å².